The third kappa shape index (κ3) is 4.02. The highest BCUT2D eigenvalue weighted by atomic mass is 16.5. The number of carbonyl (C=O) groups is 2. The maximum absolute atomic E-state index is 11.8. The summed E-state index contributed by atoms with van der Waals surface area (Å²) < 4.78 is 5.73. The highest BCUT2D eigenvalue weighted by molar-refractivity contribution is 5.93. The van der Waals surface area contributed by atoms with Gasteiger partial charge in [-0.1, -0.05) is 0 Å². The Bertz CT molecular complexity index is 530. The fourth-order valence-corrected chi connectivity index (χ4v) is 2.23. The van der Waals surface area contributed by atoms with E-state index in [1.165, 1.54) is 0 Å². The molecule has 22 heavy (non-hydrogen) atoms. The molecule has 1 atom stereocenters. The maximum Gasteiger partial charge on any atom is 0.252 e. The number of carbonyl (C=O) groups excluding carboxylic acids is 2. The van der Waals surface area contributed by atoms with E-state index in [4.69, 9.17) is 4.74 Å². The van der Waals surface area contributed by atoms with Gasteiger partial charge in [0, 0.05) is 40.4 Å². The highest BCUT2D eigenvalue weighted by Crippen LogP contribution is 2.20. The number of likely N-dealkylation sites (N-methyl/N-ethyl adjacent to an activating group) is 1. The van der Waals surface area contributed by atoms with Crippen LogP contribution in [0, 0.1) is 0 Å². The van der Waals surface area contributed by atoms with E-state index >= 15 is 0 Å². The normalized spacial score (nSPS) is 18.8. The monoisotopic (exact) mass is 306 g/mol. The van der Waals surface area contributed by atoms with E-state index < -0.39 is 0 Å². The average molecular weight is 306 g/mol. The van der Waals surface area contributed by atoms with Crippen molar-refractivity contribution in [2.45, 2.75) is 6.10 Å². The third-order valence-electron chi connectivity index (χ3n) is 3.61. The molecule has 0 bridgehead atoms. The summed E-state index contributed by atoms with van der Waals surface area (Å²) in [4.78, 5) is 31.3. The largest absolute Gasteiger partial charge is 0.369 e. The third-order valence-corrected chi connectivity index (χ3v) is 3.61. The Morgan fingerprint density at radius 2 is 2.23 bits per heavy atom. The van der Waals surface area contributed by atoms with Crippen LogP contribution in [0.25, 0.3) is 0 Å². The first kappa shape index (κ1) is 16.4. The molecule has 0 unspecified atom stereocenters. The second-order valence-corrected chi connectivity index (χ2v) is 5.43. The zero-order valence-electron chi connectivity index (χ0n) is 13.2. The van der Waals surface area contributed by atoms with Gasteiger partial charge in [0.05, 0.1) is 24.4 Å². The minimum Gasteiger partial charge on any atom is -0.369 e. The van der Waals surface area contributed by atoms with Crippen LogP contribution in [-0.4, -0.2) is 74.0 Å². The van der Waals surface area contributed by atoms with Crippen molar-refractivity contribution in [3.8, 4) is 0 Å². The van der Waals surface area contributed by atoms with Crippen LogP contribution in [0.4, 0.5) is 0 Å². The van der Waals surface area contributed by atoms with Crippen LogP contribution in [0.1, 0.15) is 22.2 Å². The van der Waals surface area contributed by atoms with Crippen molar-refractivity contribution in [3.05, 3.63) is 29.6 Å². The second kappa shape index (κ2) is 7.33. The molecule has 0 aromatic carbocycles. The minimum absolute atomic E-state index is 0.0728. The number of rotatable bonds is 4. The van der Waals surface area contributed by atoms with E-state index in [0.29, 0.717) is 25.3 Å². The van der Waals surface area contributed by atoms with Crippen molar-refractivity contribution in [1.82, 2.24) is 20.1 Å². The van der Waals surface area contributed by atoms with Gasteiger partial charge in [-0.3, -0.25) is 19.5 Å². The zero-order valence-corrected chi connectivity index (χ0v) is 13.2. The molecule has 2 heterocycles. The number of hydrogen-bond acceptors (Lipinski definition) is 5. The lowest BCUT2D eigenvalue weighted by Crippen LogP contribution is -2.44. The molecular formula is C15H22N4O3. The first-order chi connectivity index (χ1) is 10.5. The summed E-state index contributed by atoms with van der Waals surface area (Å²) in [6.45, 7) is 2.28. The molecule has 1 fully saturated rings. The zero-order chi connectivity index (χ0) is 16.1. The van der Waals surface area contributed by atoms with Crippen molar-refractivity contribution < 1.29 is 14.3 Å². The number of ether oxygens (including phenoxy) is 1. The van der Waals surface area contributed by atoms with Crippen LogP contribution in [0.15, 0.2) is 18.3 Å². The van der Waals surface area contributed by atoms with Gasteiger partial charge in [0.1, 0.15) is 6.10 Å². The van der Waals surface area contributed by atoms with E-state index in [2.05, 4.69) is 15.2 Å². The summed E-state index contributed by atoms with van der Waals surface area (Å²) in [7, 11) is 5.08. The summed E-state index contributed by atoms with van der Waals surface area (Å²) in [5, 5.41) is 2.56. The molecule has 1 saturated heterocycles. The van der Waals surface area contributed by atoms with Crippen molar-refractivity contribution in [2.75, 3.05) is 47.4 Å². The van der Waals surface area contributed by atoms with E-state index in [1.54, 1.807) is 44.4 Å². The molecule has 0 radical (unpaired) electrons. The van der Waals surface area contributed by atoms with Crippen LogP contribution >= 0.6 is 0 Å². The van der Waals surface area contributed by atoms with Gasteiger partial charge in [-0.2, -0.15) is 0 Å². The molecule has 1 aliphatic rings. The number of hydrogen-bond donors (Lipinski definition) is 1. The Balaban J connectivity index is 2.00. The highest BCUT2D eigenvalue weighted by Gasteiger charge is 2.24. The van der Waals surface area contributed by atoms with Crippen LogP contribution in [-0.2, 0) is 9.53 Å². The van der Waals surface area contributed by atoms with Gasteiger partial charge < -0.3 is 15.0 Å². The molecule has 1 aliphatic heterocycles. The van der Waals surface area contributed by atoms with Gasteiger partial charge in [-0.05, 0) is 12.1 Å². The van der Waals surface area contributed by atoms with E-state index in [1.807, 2.05) is 0 Å². The van der Waals surface area contributed by atoms with Crippen molar-refractivity contribution in [3.63, 3.8) is 0 Å². The SMILES string of the molecule is CNC(=O)c1ccc([C@H]2CN(CC(=O)N(C)C)CCO2)nc1. The van der Waals surface area contributed by atoms with Crippen LogP contribution < -0.4 is 5.32 Å². The summed E-state index contributed by atoms with van der Waals surface area (Å²) in [5.74, 6) is -0.0922. The molecular weight excluding hydrogens is 284 g/mol. The molecule has 0 saturated carbocycles. The summed E-state index contributed by atoms with van der Waals surface area (Å²) in [6, 6.07) is 3.53. The van der Waals surface area contributed by atoms with E-state index in [0.717, 1.165) is 12.2 Å². The number of amides is 2. The molecule has 7 heteroatoms. The Morgan fingerprint density at radius 1 is 1.45 bits per heavy atom. The lowest BCUT2D eigenvalue weighted by molar-refractivity contribution is -0.132. The van der Waals surface area contributed by atoms with Crippen LogP contribution in [0.5, 0.6) is 0 Å². The van der Waals surface area contributed by atoms with Crippen LogP contribution in [0.3, 0.4) is 0 Å². The van der Waals surface area contributed by atoms with Gasteiger partial charge in [-0.25, -0.2) is 0 Å². The fraction of sp³-hybridized carbons (Fsp3) is 0.533. The first-order valence-corrected chi connectivity index (χ1v) is 7.23. The molecule has 7 nitrogen and oxygen atoms in total. The van der Waals surface area contributed by atoms with Gasteiger partial charge in [0.25, 0.3) is 5.91 Å². The number of pyridine rings is 1. The van der Waals surface area contributed by atoms with Crippen molar-refractivity contribution >= 4 is 11.8 Å². The molecule has 120 valence electrons. The molecule has 2 amide bonds. The number of morpholine rings is 1. The minimum atomic E-state index is -0.178. The predicted molar refractivity (Wildman–Crippen MR) is 81.5 cm³/mol. The second-order valence-electron chi connectivity index (χ2n) is 5.43. The van der Waals surface area contributed by atoms with Crippen LogP contribution in [0.2, 0.25) is 0 Å². The predicted octanol–water partition coefficient (Wildman–Crippen LogP) is -0.0973. The lowest BCUT2D eigenvalue weighted by Gasteiger charge is -2.32. The molecule has 1 aromatic heterocycles. The van der Waals surface area contributed by atoms with E-state index in [-0.39, 0.29) is 17.9 Å². The van der Waals surface area contributed by atoms with E-state index in [9.17, 15) is 9.59 Å². The van der Waals surface area contributed by atoms with Gasteiger partial charge in [-0.15, -0.1) is 0 Å². The van der Waals surface area contributed by atoms with Gasteiger partial charge in [0.2, 0.25) is 5.91 Å². The van der Waals surface area contributed by atoms with Gasteiger partial charge >= 0.3 is 0 Å². The number of nitrogens with one attached hydrogen (secondary N) is 1. The maximum atomic E-state index is 11.8. The summed E-state index contributed by atoms with van der Waals surface area (Å²) in [6.07, 6.45) is 1.36. The Kier molecular flexibility index (Phi) is 5.46. The molecule has 2 rings (SSSR count). The summed E-state index contributed by atoms with van der Waals surface area (Å²) in [5.41, 5.74) is 1.29. The molecule has 0 spiro atoms. The number of aromatic nitrogens is 1. The average Bonchev–Trinajstić information content (AvgIpc) is 2.54. The molecule has 1 N–H and O–H groups in total. The standard InChI is InChI=1S/C15H22N4O3/c1-16-15(21)11-4-5-12(17-8-11)13-9-19(6-7-22-13)10-14(20)18(2)3/h4-5,8,13H,6-7,9-10H2,1-3H3,(H,16,21)/t13-/m1/s1. The summed E-state index contributed by atoms with van der Waals surface area (Å²) >= 11 is 0. The quantitative estimate of drug-likeness (QED) is 0.841. The van der Waals surface area contributed by atoms with Crippen molar-refractivity contribution in [2.24, 2.45) is 0 Å². The fourth-order valence-electron chi connectivity index (χ4n) is 2.23. The Morgan fingerprint density at radius 3 is 2.82 bits per heavy atom. The van der Waals surface area contributed by atoms with Crippen molar-refractivity contribution in [1.29, 1.82) is 0 Å². The van der Waals surface area contributed by atoms with Gasteiger partial charge in [0.15, 0.2) is 0 Å². The molecule has 1 aromatic rings. The Hall–Kier alpha value is -1.99. The number of nitrogens with zero attached hydrogens (tertiary/aromatic N) is 3. The first-order valence-electron chi connectivity index (χ1n) is 7.23. The Labute approximate surface area is 130 Å². The molecule has 0 aliphatic carbocycles. The smallest absolute Gasteiger partial charge is 0.252 e. The topological polar surface area (TPSA) is 74.8 Å². The lowest BCUT2D eigenvalue weighted by atomic mass is 10.1.